The average molecular weight is 278 g/mol. The Labute approximate surface area is 128 Å². The van der Waals surface area contributed by atoms with Crippen LogP contribution < -0.4 is 10.9 Å². The molecule has 1 aliphatic heterocycles. The van der Waals surface area contributed by atoms with Gasteiger partial charge in [0, 0.05) is 12.4 Å². The molecular weight excluding hydrogens is 255 g/mol. The maximum absolute atomic E-state index is 4.62. The molecule has 0 aliphatic carbocycles. The summed E-state index contributed by atoms with van der Waals surface area (Å²) in [6.45, 7) is 12.2. The number of pyridine rings is 2. The van der Waals surface area contributed by atoms with Crippen LogP contribution >= 0.6 is 0 Å². The molecule has 2 aromatic rings. The molecule has 0 saturated carbocycles. The summed E-state index contributed by atoms with van der Waals surface area (Å²) in [6, 6.07) is 8.58. The van der Waals surface area contributed by atoms with E-state index in [1.165, 1.54) is 10.9 Å². The van der Waals surface area contributed by atoms with Crippen molar-refractivity contribution in [3.05, 3.63) is 36.7 Å². The molecule has 0 radical (unpaired) electrons. The highest BCUT2D eigenvalue weighted by Crippen LogP contribution is 2.47. The number of fused-ring (bicyclic) bond motifs is 3. The summed E-state index contributed by atoms with van der Waals surface area (Å²) in [6.07, 6.45) is 3.75. The van der Waals surface area contributed by atoms with Gasteiger partial charge >= 0.3 is 0 Å². The van der Waals surface area contributed by atoms with Crippen molar-refractivity contribution >= 4 is 17.6 Å². The first kappa shape index (κ1) is 14.3. The number of nitrogens with zero attached hydrogens (tertiary/aromatic N) is 2. The second kappa shape index (κ2) is 4.97. The molecule has 0 aromatic carbocycles. The van der Waals surface area contributed by atoms with Crippen LogP contribution in [-0.4, -0.2) is 16.7 Å². The van der Waals surface area contributed by atoms with Gasteiger partial charge in [0.25, 0.3) is 0 Å². The molecule has 0 fully saturated rings. The quantitative estimate of drug-likeness (QED) is 0.806. The van der Waals surface area contributed by atoms with E-state index in [0.29, 0.717) is 18.5 Å². The second-order valence-electron chi connectivity index (χ2n) is 6.99. The first-order valence-corrected chi connectivity index (χ1v) is 7.88. The predicted molar refractivity (Wildman–Crippen MR) is 90.5 cm³/mol. The minimum Gasteiger partial charge on any atom is -0.255 e. The summed E-state index contributed by atoms with van der Waals surface area (Å²) in [5.74, 6) is 1.17. The molecule has 2 aromatic heterocycles. The van der Waals surface area contributed by atoms with Gasteiger partial charge in [-0.1, -0.05) is 46.8 Å². The van der Waals surface area contributed by atoms with Gasteiger partial charge in [-0.05, 0) is 40.2 Å². The van der Waals surface area contributed by atoms with Crippen LogP contribution in [0.2, 0.25) is 5.31 Å². The average Bonchev–Trinajstić information content (AvgIpc) is 2.81. The zero-order chi connectivity index (χ0) is 15.2. The normalized spacial score (nSPS) is 13.8. The van der Waals surface area contributed by atoms with Crippen LogP contribution in [0.5, 0.6) is 0 Å². The van der Waals surface area contributed by atoms with Crippen LogP contribution in [-0.2, 0) is 0 Å². The number of hydrogen-bond acceptors (Lipinski definition) is 2. The smallest absolute Gasteiger partial charge is 0.221 e. The van der Waals surface area contributed by atoms with Gasteiger partial charge in [-0.25, -0.2) is 0 Å². The Balaban J connectivity index is 2.28. The van der Waals surface area contributed by atoms with E-state index in [1.807, 2.05) is 12.4 Å². The molecule has 0 spiro atoms. The van der Waals surface area contributed by atoms with E-state index in [4.69, 9.17) is 0 Å². The fourth-order valence-corrected chi connectivity index (χ4v) is 3.87. The van der Waals surface area contributed by atoms with E-state index in [-0.39, 0.29) is 5.31 Å². The van der Waals surface area contributed by atoms with Crippen LogP contribution in [0, 0.1) is 11.8 Å². The summed E-state index contributed by atoms with van der Waals surface area (Å²) in [5.41, 5.74) is 4.84. The second-order valence-corrected chi connectivity index (χ2v) is 6.99. The van der Waals surface area contributed by atoms with Crippen LogP contribution in [0.4, 0.5) is 0 Å². The van der Waals surface area contributed by atoms with Gasteiger partial charge < -0.3 is 0 Å². The highest BCUT2D eigenvalue weighted by atomic mass is 14.8. The molecule has 3 heterocycles. The van der Waals surface area contributed by atoms with Gasteiger partial charge in [-0.3, -0.25) is 9.97 Å². The summed E-state index contributed by atoms with van der Waals surface area (Å²) < 4.78 is 0. The summed E-state index contributed by atoms with van der Waals surface area (Å²) in [7, 11) is 0. The van der Waals surface area contributed by atoms with Crippen LogP contribution in [0.1, 0.15) is 34.6 Å². The van der Waals surface area contributed by atoms with Crippen LogP contribution in [0.15, 0.2) is 36.7 Å². The third-order valence-electron chi connectivity index (χ3n) is 5.63. The Bertz CT molecular complexity index is 610. The number of aromatic nitrogens is 2. The SMILES string of the molecule is CC(C)C(C)(B1c2cccnc2-c2ncccc21)C(C)C. The lowest BCUT2D eigenvalue weighted by Crippen LogP contribution is -2.52. The van der Waals surface area contributed by atoms with E-state index < -0.39 is 0 Å². The van der Waals surface area contributed by atoms with Crippen molar-refractivity contribution in [3.8, 4) is 11.4 Å². The largest absolute Gasteiger partial charge is 0.255 e. The standard InChI is InChI=1S/C18H23BN2/c1-12(2)18(5,13(3)4)19-14-8-6-10-20-16(14)17-15(19)9-7-11-21-17/h6-13H,1-5H3. The van der Waals surface area contributed by atoms with Gasteiger partial charge in [0.05, 0.1) is 11.4 Å². The minimum atomic E-state index is 0.187. The Hall–Kier alpha value is -1.64. The van der Waals surface area contributed by atoms with Gasteiger partial charge in [0.2, 0.25) is 6.71 Å². The number of rotatable bonds is 3. The molecule has 21 heavy (non-hydrogen) atoms. The van der Waals surface area contributed by atoms with E-state index in [1.54, 1.807) is 0 Å². The highest BCUT2D eigenvalue weighted by molar-refractivity contribution is 6.91. The first-order valence-electron chi connectivity index (χ1n) is 7.88. The molecular formula is C18H23BN2. The zero-order valence-electron chi connectivity index (χ0n) is 13.6. The molecule has 3 rings (SSSR count). The lowest BCUT2D eigenvalue weighted by Gasteiger charge is -2.42. The maximum Gasteiger partial charge on any atom is 0.221 e. The molecule has 0 N–H and O–H groups in total. The van der Waals surface area contributed by atoms with Crippen molar-refractivity contribution in [3.63, 3.8) is 0 Å². The van der Waals surface area contributed by atoms with Crippen molar-refractivity contribution in [2.24, 2.45) is 11.8 Å². The molecule has 108 valence electrons. The molecule has 0 bridgehead atoms. The van der Waals surface area contributed by atoms with E-state index in [0.717, 1.165) is 11.4 Å². The fourth-order valence-electron chi connectivity index (χ4n) is 3.87. The first-order chi connectivity index (χ1) is 9.98. The maximum atomic E-state index is 4.62. The third-order valence-corrected chi connectivity index (χ3v) is 5.63. The van der Waals surface area contributed by atoms with Gasteiger partial charge in [0.15, 0.2) is 0 Å². The van der Waals surface area contributed by atoms with Gasteiger partial charge in [-0.2, -0.15) is 0 Å². The lowest BCUT2D eigenvalue weighted by atomic mass is 9.25. The lowest BCUT2D eigenvalue weighted by molar-refractivity contribution is 0.333. The molecule has 0 saturated heterocycles. The van der Waals surface area contributed by atoms with Crippen molar-refractivity contribution in [2.75, 3.05) is 0 Å². The molecule has 3 heteroatoms. The van der Waals surface area contributed by atoms with E-state index >= 15 is 0 Å². The van der Waals surface area contributed by atoms with Crippen LogP contribution in [0.25, 0.3) is 11.4 Å². The Morgan fingerprint density at radius 1 is 0.857 bits per heavy atom. The van der Waals surface area contributed by atoms with Gasteiger partial charge in [-0.15, -0.1) is 0 Å². The van der Waals surface area contributed by atoms with Crippen molar-refractivity contribution in [1.29, 1.82) is 0 Å². The van der Waals surface area contributed by atoms with E-state index in [9.17, 15) is 0 Å². The monoisotopic (exact) mass is 278 g/mol. The van der Waals surface area contributed by atoms with E-state index in [2.05, 4.69) is 68.9 Å². The summed E-state index contributed by atoms with van der Waals surface area (Å²) in [4.78, 5) is 9.24. The summed E-state index contributed by atoms with van der Waals surface area (Å²) in [5, 5.41) is 0.187. The van der Waals surface area contributed by atoms with Crippen molar-refractivity contribution < 1.29 is 0 Å². The zero-order valence-corrected chi connectivity index (χ0v) is 13.6. The minimum absolute atomic E-state index is 0.187. The molecule has 0 unspecified atom stereocenters. The van der Waals surface area contributed by atoms with Crippen LogP contribution in [0.3, 0.4) is 0 Å². The molecule has 2 nitrogen and oxygen atoms in total. The van der Waals surface area contributed by atoms with Gasteiger partial charge in [0.1, 0.15) is 0 Å². The fraction of sp³-hybridized carbons (Fsp3) is 0.444. The topological polar surface area (TPSA) is 25.8 Å². The molecule has 0 amide bonds. The van der Waals surface area contributed by atoms with Crippen molar-refractivity contribution in [1.82, 2.24) is 9.97 Å². The summed E-state index contributed by atoms with van der Waals surface area (Å²) >= 11 is 0. The highest BCUT2D eigenvalue weighted by Gasteiger charge is 2.49. The van der Waals surface area contributed by atoms with Crippen molar-refractivity contribution in [2.45, 2.75) is 39.9 Å². The molecule has 0 atom stereocenters. The third kappa shape index (κ3) is 1.94. The number of hydrogen-bond donors (Lipinski definition) is 0. The molecule has 1 aliphatic rings. The Kier molecular flexibility index (Phi) is 3.39. The Morgan fingerprint density at radius 2 is 1.29 bits per heavy atom. The predicted octanol–water partition coefficient (Wildman–Crippen LogP) is 3.14. The Morgan fingerprint density at radius 3 is 1.67 bits per heavy atom.